The maximum Gasteiger partial charge on any atom is 0.122 e. The van der Waals surface area contributed by atoms with Crippen LogP contribution >= 0.6 is 45.3 Å². The van der Waals surface area contributed by atoms with E-state index in [1.54, 1.807) is 4.80 Å². The molecule has 0 radical (unpaired) electrons. The van der Waals surface area contributed by atoms with Crippen LogP contribution in [0.1, 0.15) is 32.0 Å². The molecule has 2 aromatic carbocycles. The Hall–Kier alpha value is -2.84. The zero-order valence-electron chi connectivity index (χ0n) is 22.4. The standard InChI is InChI=1S/C31H27N3S4/c1-14-8-9-23(35-14)26-16(3)17(4)27(29-28(26)32-34(7)33-29)24-11-10-22(37-24)25-13-21-19(6)30-20(12-15(2)36-30)18(5)31(21)38-25/h8-13H,1-7H3. The van der Waals surface area contributed by atoms with Gasteiger partial charge in [-0.3, -0.25) is 0 Å². The SMILES string of the molecule is Cc1ccc(-c2c(C)c(C)c(-c3ccc(-c4cc5c(C)c6sc(C)cc6c(C)c5s4)s3)c3nn(C)nc23)s1. The third-order valence-corrected chi connectivity index (χ3v) is 12.4. The van der Waals surface area contributed by atoms with E-state index >= 15 is 0 Å². The van der Waals surface area contributed by atoms with E-state index in [-0.39, 0.29) is 0 Å². The van der Waals surface area contributed by atoms with E-state index in [1.807, 2.05) is 52.4 Å². The maximum absolute atomic E-state index is 4.88. The zero-order chi connectivity index (χ0) is 26.5. The minimum absolute atomic E-state index is 0.990. The third-order valence-electron chi connectivity index (χ3n) is 7.66. The van der Waals surface area contributed by atoms with Crippen LogP contribution in [0.4, 0.5) is 0 Å². The van der Waals surface area contributed by atoms with Crippen LogP contribution in [0, 0.1) is 41.5 Å². The average Bonchev–Trinajstić information content (AvgIpc) is 3.68. The van der Waals surface area contributed by atoms with Crippen molar-refractivity contribution in [1.29, 1.82) is 0 Å². The molecule has 7 aromatic rings. The molecule has 0 fully saturated rings. The molecule has 7 heteroatoms. The Balaban J connectivity index is 1.40. The van der Waals surface area contributed by atoms with Crippen molar-refractivity contribution in [3.63, 3.8) is 0 Å². The molecule has 0 spiro atoms. The monoisotopic (exact) mass is 569 g/mol. The summed E-state index contributed by atoms with van der Waals surface area (Å²) < 4.78 is 2.84. The van der Waals surface area contributed by atoms with Crippen molar-refractivity contribution in [3.8, 4) is 30.6 Å². The molecule has 0 unspecified atom stereocenters. The summed E-state index contributed by atoms with van der Waals surface area (Å²) >= 11 is 7.53. The van der Waals surface area contributed by atoms with E-state index in [0.29, 0.717) is 0 Å². The average molecular weight is 570 g/mol. The molecular formula is C31H27N3S4. The summed E-state index contributed by atoms with van der Waals surface area (Å²) in [5.41, 5.74) is 9.79. The predicted molar refractivity (Wildman–Crippen MR) is 170 cm³/mol. The second-order valence-corrected chi connectivity index (χ2v) is 14.8. The fourth-order valence-corrected chi connectivity index (χ4v) is 10.1. The molecule has 0 saturated heterocycles. The van der Waals surface area contributed by atoms with Crippen LogP contribution in [-0.4, -0.2) is 15.0 Å². The highest BCUT2D eigenvalue weighted by molar-refractivity contribution is 7.27. The number of fused-ring (bicyclic) bond motifs is 3. The van der Waals surface area contributed by atoms with Gasteiger partial charge in [0.05, 0.1) is 0 Å². The van der Waals surface area contributed by atoms with Gasteiger partial charge >= 0.3 is 0 Å². The molecule has 5 aromatic heterocycles. The summed E-state index contributed by atoms with van der Waals surface area (Å²) in [6.45, 7) is 13.4. The van der Waals surface area contributed by atoms with Crippen LogP contribution in [0.5, 0.6) is 0 Å². The van der Waals surface area contributed by atoms with E-state index in [4.69, 9.17) is 10.2 Å². The summed E-state index contributed by atoms with van der Waals surface area (Å²) in [4.78, 5) is 9.58. The molecule has 7 rings (SSSR count). The number of aryl methyl sites for hydroxylation is 5. The first-order chi connectivity index (χ1) is 18.2. The van der Waals surface area contributed by atoms with E-state index in [1.165, 1.54) is 82.8 Å². The minimum Gasteiger partial charge on any atom is -0.187 e. The van der Waals surface area contributed by atoms with Crippen molar-refractivity contribution in [1.82, 2.24) is 15.0 Å². The largest absolute Gasteiger partial charge is 0.187 e. The van der Waals surface area contributed by atoms with Gasteiger partial charge in [0.25, 0.3) is 0 Å². The Labute approximate surface area is 238 Å². The molecule has 0 bridgehead atoms. The molecular weight excluding hydrogens is 543 g/mol. The highest BCUT2D eigenvalue weighted by Gasteiger charge is 2.23. The number of nitrogens with zero attached hydrogens (tertiary/aromatic N) is 3. The quantitative estimate of drug-likeness (QED) is 0.212. The van der Waals surface area contributed by atoms with Gasteiger partial charge in [-0.2, -0.15) is 15.0 Å². The minimum atomic E-state index is 0.990. The molecule has 5 heterocycles. The van der Waals surface area contributed by atoms with Crippen molar-refractivity contribution in [2.45, 2.75) is 41.5 Å². The number of rotatable bonds is 3. The van der Waals surface area contributed by atoms with Gasteiger partial charge in [-0.1, -0.05) is 0 Å². The van der Waals surface area contributed by atoms with Crippen LogP contribution in [-0.2, 0) is 7.05 Å². The molecule has 3 nitrogen and oxygen atoms in total. The van der Waals surface area contributed by atoms with Gasteiger partial charge in [-0.15, -0.1) is 45.3 Å². The Bertz CT molecular complexity index is 2000. The first-order valence-corrected chi connectivity index (χ1v) is 15.9. The second-order valence-electron chi connectivity index (χ2n) is 10.2. The molecule has 0 amide bonds. The maximum atomic E-state index is 4.88. The van der Waals surface area contributed by atoms with Crippen molar-refractivity contribution >= 4 is 76.6 Å². The van der Waals surface area contributed by atoms with Gasteiger partial charge in [0.2, 0.25) is 0 Å². The molecule has 0 N–H and O–H groups in total. The summed E-state index contributed by atoms with van der Waals surface area (Å²) in [5, 5.41) is 12.5. The summed E-state index contributed by atoms with van der Waals surface area (Å²) in [7, 11) is 1.92. The smallest absolute Gasteiger partial charge is 0.122 e. The summed E-state index contributed by atoms with van der Waals surface area (Å²) in [6, 6.07) is 13.7. The van der Waals surface area contributed by atoms with Crippen LogP contribution < -0.4 is 0 Å². The summed E-state index contributed by atoms with van der Waals surface area (Å²) in [5.74, 6) is 0. The van der Waals surface area contributed by atoms with E-state index in [9.17, 15) is 0 Å². The number of hydrogen-bond acceptors (Lipinski definition) is 6. The third kappa shape index (κ3) is 3.49. The zero-order valence-corrected chi connectivity index (χ0v) is 25.7. The number of thiophene rings is 4. The first-order valence-electron chi connectivity index (χ1n) is 12.7. The van der Waals surface area contributed by atoms with Crippen LogP contribution in [0.15, 0.2) is 36.4 Å². The predicted octanol–water partition coefficient (Wildman–Crippen LogP) is 10.4. The topological polar surface area (TPSA) is 30.7 Å². The molecule has 190 valence electrons. The van der Waals surface area contributed by atoms with Crippen molar-refractivity contribution in [2.24, 2.45) is 7.05 Å². The number of hydrogen-bond donors (Lipinski definition) is 0. The Morgan fingerprint density at radius 3 is 1.71 bits per heavy atom. The fourth-order valence-electron chi connectivity index (χ4n) is 5.64. The van der Waals surface area contributed by atoms with Crippen LogP contribution in [0.25, 0.3) is 61.8 Å². The lowest BCUT2D eigenvalue weighted by Gasteiger charge is -2.13. The van der Waals surface area contributed by atoms with Gasteiger partial charge in [0.15, 0.2) is 0 Å². The van der Waals surface area contributed by atoms with E-state index < -0.39 is 0 Å². The van der Waals surface area contributed by atoms with Gasteiger partial charge in [0, 0.05) is 56.8 Å². The van der Waals surface area contributed by atoms with E-state index in [2.05, 4.69) is 77.9 Å². The van der Waals surface area contributed by atoms with Gasteiger partial charge in [-0.25, -0.2) is 0 Å². The lowest BCUT2D eigenvalue weighted by atomic mass is 9.94. The normalized spacial score (nSPS) is 12.1. The highest BCUT2D eigenvalue weighted by atomic mass is 32.1. The molecule has 0 aliphatic carbocycles. The van der Waals surface area contributed by atoms with Gasteiger partial charge in [-0.05, 0) is 111 Å². The number of benzene rings is 2. The second kappa shape index (κ2) is 8.58. The van der Waals surface area contributed by atoms with Crippen LogP contribution in [0.3, 0.4) is 0 Å². The lowest BCUT2D eigenvalue weighted by molar-refractivity contribution is 0.665. The fraction of sp³-hybridized carbons (Fsp3) is 0.226. The van der Waals surface area contributed by atoms with Crippen LogP contribution in [0.2, 0.25) is 0 Å². The lowest BCUT2D eigenvalue weighted by Crippen LogP contribution is -1.93. The summed E-state index contributed by atoms with van der Waals surface area (Å²) in [6.07, 6.45) is 0. The van der Waals surface area contributed by atoms with E-state index in [0.717, 1.165) is 11.0 Å². The van der Waals surface area contributed by atoms with Gasteiger partial charge < -0.3 is 0 Å². The van der Waals surface area contributed by atoms with Gasteiger partial charge in [0.1, 0.15) is 11.0 Å². The first kappa shape index (κ1) is 24.2. The Kier molecular flexibility index (Phi) is 5.47. The molecule has 0 aliphatic heterocycles. The molecule has 38 heavy (non-hydrogen) atoms. The van der Waals surface area contributed by atoms with Crippen molar-refractivity contribution < 1.29 is 0 Å². The number of aromatic nitrogens is 3. The molecule has 0 aliphatic rings. The van der Waals surface area contributed by atoms with Crippen molar-refractivity contribution in [3.05, 3.63) is 68.4 Å². The molecule has 0 atom stereocenters. The Morgan fingerprint density at radius 2 is 1.08 bits per heavy atom. The molecule has 0 saturated carbocycles. The Morgan fingerprint density at radius 1 is 0.526 bits per heavy atom. The highest BCUT2D eigenvalue weighted by Crippen LogP contribution is 2.48. The van der Waals surface area contributed by atoms with Crippen molar-refractivity contribution in [2.75, 3.05) is 0 Å².